The summed E-state index contributed by atoms with van der Waals surface area (Å²) in [7, 11) is 3.31. The monoisotopic (exact) mass is 678 g/mol. The third-order valence-corrected chi connectivity index (χ3v) is 10.5. The lowest BCUT2D eigenvalue weighted by Crippen LogP contribution is -2.43. The van der Waals surface area contributed by atoms with E-state index in [-0.39, 0.29) is 22.8 Å². The Labute approximate surface area is 290 Å². The normalized spacial score (nSPS) is 22.8. The van der Waals surface area contributed by atoms with Crippen LogP contribution >= 0.6 is 23.5 Å². The molecule has 2 saturated heterocycles. The van der Waals surface area contributed by atoms with E-state index in [1.54, 1.807) is 37.7 Å². The fraction of sp³-hybridized carbons (Fsp3) is 0.278. The summed E-state index contributed by atoms with van der Waals surface area (Å²) in [6.45, 7) is 5.81. The average Bonchev–Trinajstić information content (AvgIpc) is 3.59. The molecule has 4 aromatic carbocycles. The number of aliphatic imine (C=N–C) groups is 2. The van der Waals surface area contributed by atoms with E-state index in [0.717, 1.165) is 57.7 Å². The van der Waals surface area contributed by atoms with E-state index in [4.69, 9.17) is 29.7 Å². The van der Waals surface area contributed by atoms with Crippen LogP contribution in [0.15, 0.2) is 140 Å². The molecule has 2 aliphatic heterocycles. The van der Waals surface area contributed by atoms with Gasteiger partial charge in [-0.25, -0.2) is 9.98 Å². The number of nitrogens with zero attached hydrogens (tertiary/aromatic N) is 8. The van der Waals surface area contributed by atoms with Gasteiger partial charge in [0.05, 0.1) is 49.1 Å². The third-order valence-electron chi connectivity index (χ3n) is 8.01. The zero-order chi connectivity index (χ0) is 33.3. The first-order chi connectivity index (χ1) is 23.5. The Balaban J connectivity index is 1.23. The molecule has 0 bridgehead atoms. The van der Waals surface area contributed by atoms with Crippen LogP contribution in [0.5, 0.6) is 11.5 Å². The summed E-state index contributed by atoms with van der Waals surface area (Å²) in [4.78, 5) is 14.8. The van der Waals surface area contributed by atoms with E-state index in [1.807, 2.05) is 109 Å². The van der Waals surface area contributed by atoms with E-state index >= 15 is 0 Å². The van der Waals surface area contributed by atoms with Crippen molar-refractivity contribution < 1.29 is 9.47 Å². The van der Waals surface area contributed by atoms with Crippen molar-refractivity contribution in [3.05, 3.63) is 109 Å². The quantitative estimate of drug-likeness (QED) is 0.147. The summed E-state index contributed by atoms with van der Waals surface area (Å²) in [6, 6.07) is 35.4. The number of rotatable bonds is 11. The summed E-state index contributed by atoms with van der Waals surface area (Å²) < 4.78 is 10.6. The van der Waals surface area contributed by atoms with Crippen LogP contribution in [0.1, 0.15) is 13.8 Å². The van der Waals surface area contributed by atoms with E-state index in [2.05, 4.69) is 33.9 Å². The molecule has 6 rings (SSSR count). The lowest BCUT2D eigenvalue weighted by Gasteiger charge is -2.29. The smallest absolute Gasteiger partial charge is 0.167 e. The number of methoxy groups -OCH3 is 2. The Morgan fingerprint density at radius 1 is 0.521 bits per heavy atom. The Kier molecular flexibility index (Phi) is 11.0. The third kappa shape index (κ3) is 8.23. The molecule has 10 nitrogen and oxygen atoms in total. The molecule has 0 aromatic heterocycles. The molecule has 4 atom stereocenters. The van der Waals surface area contributed by atoms with Gasteiger partial charge < -0.3 is 19.3 Å². The first-order valence-electron chi connectivity index (χ1n) is 15.7. The Morgan fingerprint density at radius 2 is 0.896 bits per heavy atom. The molecule has 2 heterocycles. The van der Waals surface area contributed by atoms with Crippen molar-refractivity contribution in [1.82, 2.24) is 9.80 Å². The van der Waals surface area contributed by atoms with E-state index in [9.17, 15) is 0 Å². The average molecular weight is 679 g/mol. The number of para-hydroxylation sites is 2. The molecule has 0 N–H and O–H groups in total. The van der Waals surface area contributed by atoms with Crippen LogP contribution in [0.2, 0.25) is 0 Å². The highest BCUT2D eigenvalue weighted by Crippen LogP contribution is 2.38. The Morgan fingerprint density at radius 3 is 1.25 bits per heavy atom. The maximum atomic E-state index is 5.29. The van der Waals surface area contributed by atoms with Crippen LogP contribution in [0.4, 0.5) is 22.7 Å². The molecule has 0 aliphatic carbocycles. The number of hydrogen-bond acceptors (Lipinski definition) is 10. The van der Waals surface area contributed by atoms with Gasteiger partial charge >= 0.3 is 0 Å². The van der Waals surface area contributed by atoms with Gasteiger partial charge in [-0.15, -0.1) is 0 Å². The minimum absolute atomic E-state index is 0.0603. The number of hydrogen-bond donors (Lipinski definition) is 0. The van der Waals surface area contributed by atoms with Gasteiger partial charge in [0.2, 0.25) is 0 Å². The van der Waals surface area contributed by atoms with Crippen molar-refractivity contribution in [2.24, 2.45) is 30.4 Å². The summed E-state index contributed by atoms with van der Waals surface area (Å²) >= 11 is 3.28. The maximum Gasteiger partial charge on any atom is 0.167 e. The van der Waals surface area contributed by atoms with Gasteiger partial charge in [-0.2, -0.15) is 20.5 Å². The van der Waals surface area contributed by atoms with Crippen molar-refractivity contribution in [1.29, 1.82) is 0 Å². The molecule has 246 valence electrons. The molecule has 0 radical (unpaired) electrons. The highest BCUT2D eigenvalue weighted by atomic mass is 32.2. The van der Waals surface area contributed by atoms with Gasteiger partial charge in [0.25, 0.3) is 0 Å². The number of amidine groups is 2. The maximum absolute atomic E-state index is 5.29. The molecule has 4 aromatic rings. The Hall–Kier alpha value is -4.68. The largest absolute Gasteiger partial charge is 0.497 e. The molecule has 2 fully saturated rings. The minimum Gasteiger partial charge on any atom is -0.497 e. The molecule has 4 unspecified atom stereocenters. The number of ether oxygens (including phenoxy) is 2. The standard InChI is InChI=1S/C36H38N8O2S2/c1-25-33(41-39-29-15-19-31(45-3)20-16-29)47-35(37-27-11-7-5-8-12-27)43(25)23-24-44-26(2)34(42-40-30-17-21-32(46-4)22-18-30)48-36(44)38-28-13-9-6-10-14-28/h5-22,25-26,33-34H,23-24H2,1-4H3. The van der Waals surface area contributed by atoms with Gasteiger partial charge in [0.1, 0.15) is 22.2 Å². The van der Waals surface area contributed by atoms with Gasteiger partial charge in [-0.3, -0.25) is 0 Å². The van der Waals surface area contributed by atoms with Crippen molar-refractivity contribution in [2.45, 2.75) is 36.7 Å². The zero-order valence-electron chi connectivity index (χ0n) is 27.3. The van der Waals surface area contributed by atoms with Crippen LogP contribution in [0.25, 0.3) is 0 Å². The molecule has 48 heavy (non-hydrogen) atoms. The highest BCUT2D eigenvalue weighted by molar-refractivity contribution is 8.15. The summed E-state index contributed by atoms with van der Waals surface area (Å²) in [5.41, 5.74) is 3.37. The van der Waals surface area contributed by atoms with Crippen LogP contribution in [-0.2, 0) is 0 Å². The second-order valence-corrected chi connectivity index (χ2v) is 13.3. The van der Waals surface area contributed by atoms with Crippen LogP contribution in [0, 0.1) is 0 Å². The second-order valence-electron chi connectivity index (χ2n) is 11.2. The predicted molar refractivity (Wildman–Crippen MR) is 197 cm³/mol. The molecule has 0 amide bonds. The lowest BCUT2D eigenvalue weighted by atomic mass is 10.2. The van der Waals surface area contributed by atoms with Crippen molar-refractivity contribution >= 4 is 56.6 Å². The van der Waals surface area contributed by atoms with Crippen LogP contribution in [-0.4, -0.2) is 70.3 Å². The number of thioether (sulfide) groups is 2. The summed E-state index contributed by atoms with van der Waals surface area (Å²) in [6.07, 6.45) is 0. The number of benzene rings is 4. The fourth-order valence-corrected chi connectivity index (χ4v) is 7.62. The van der Waals surface area contributed by atoms with E-state index in [1.165, 1.54) is 0 Å². The van der Waals surface area contributed by atoms with Gasteiger partial charge in [0, 0.05) is 13.1 Å². The number of azo groups is 2. The first-order valence-corrected chi connectivity index (χ1v) is 17.5. The van der Waals surface area contributed by atoms with E-state index < -0.39 is 0 Å². The lowest BCUT2D eigenvalue weighted by molar-refractivity contribution is 0.271. The molecule has 0 saturated carbocycles. The predicted octanol–water partition coefficient (Wildman–Crippen LogP) is 9.47. The van der Waals surface area contributed by atoms with Crippen molar-refractivity contribution in [3.63, 3.8) is 0 Å². The van der Waals surface area contributed by atoms with Crippen LogP contribution < -0.4 is 9.47 Å². The summed E-state index contributed by atoms with van der Waals surface area (Å²) in [5.74, 6) is 1.57. The van der Waals surface area contributed by atoms with Gasteiger partial charge in [-0.1, -0.05) is 59.9 Å². The summed E-state index contributed by atoms with van der Waals surface area (Å²) in [5, 5.41) is 20.3. The fourth-order valence-electron chi connectivity index (χ4n) is 5.21. The van der Waals surface area contributed by atoms with Crippen molar-refractivity contribution in [3.8, 4) is 11.5 Å². The zero-order valence-corrected chi connectivity index (χ0v) is 29.0. The van der Waals surface area contributed by atoms with E-state index in [0.29, 0.717) is 0 Å². The van der Waals surface area contributed by atoms with Gasteiger partial charge in [-0.05, 0) is 86.6 Å². The molecular formula is C36H38N8O2S2. The van der Waals surface area contributed by atoms with Gasteiger partial charge in [0.15, 0.2) is 10.3 Å². The molecule has 12 heteroatoms. The molecular weight excluding hydrogens is 641 g/mol. The van der Waals surface area contributed by atoms with Crippen molar-refractivity contribution in [2.75, 3.05) is 27.3 Å². The SMILES string of the molecule is COc1ccc(N=NC2SC(=Nc3ccccc3)N(CCN3C(=Nc4ccccc4)SC(N=Nc4ccc(OC)cc4)C3C)C2C)cc1. The first kappa shape index (κ1) is 33.2. The highest BCUT2D eigenvalue weighted by Gasteiger charge is 2.40. The van der Waals surface area contributed by atoms with Crippen LogP contribution in [0.3, 0.4) is 0 Å². The topological polar surface area (TPSA) is 99.1 Å². The Bertz CT molecular complexity index is 1620. The second kappa shape index (κ2) is 15.9. The minimum atomic E-state index is -0.122. The molecule has 2 aliphatic rings. The molecule has 0 spiro atoms.